The highest BCUT2D eigenvalue weighted by Crippen LogP contribution is 2.40. The Hall–Kier alpha value is -3.11. The third-order valence-electron chi connectivity index (χ3n) is 5.72. The van der Waals surface area contributed by atoms with Crippen LogP contribution in [0.25, 0.3) is 0 Å². The minimum absolute atomic E-state index is 0. The maximum atomic E-state index is 13.1. The van der Waals surface area contributed by atoms with Crippen molar-refractivity contribution in [1.82, 2.24) is 9.62 Å². The Bertz CT molecular complexity index is 1200. The third kappa shape index (κ3) is 7.45. The molecular weight excluding hydrogens is 518 g/mol. The van der Waals surface area contributed by atoms with E-state index in [1.54, 1.807) is 52.0 Å². The van der Waals surface area contributed by atoms with Gasteiger partial charge in [0.2, 0.25) is 21.8 Å². The van der Waals surface area contributed by atoms with Crippen LogP contribution >= 0.6 is 12.4 Å². The number of nitrogens with one attached hydrogen (secondary N) is 2. The summed E-state index contributed by atoms with van der Waals surface area (Å²) in [6.45, 7) is 7.19. The zero-order valence-corrected chi connectivity index (χ0v) is 23.0. The smallest absolute Gasteiger partial charge is 0.408 e. The van der Waals surface area contributed by atoms with Gasteiger partial charge in [0, 0.05) is 6.42 Å². The summed E-state index contributed by atoms with van der Waals surface area (Å²) in [5.41, 5.74) is 1.28. The molecule has 2 N–H and O–H groups in total. The van der Waals surface area contributed by atoms with Crippen molar-refractivity contribution in [2.45, 2.75) is 64.0 Å². The molecule has 2 amide bonds. The van der Waals surface area contributed by atoms with Crippen molar-refractivity contribution in [3.8, 4) is 0 Å². The van der Waals surface area contributed by atoms with E-state index in [0.717, 1.165) is 15.4 Å². The van der Waals surface area contributed by atoms with E-state index in [1.807, 2.05) is 30.3 Å². The fourth-order valence-corrected chi connectivity index (χ4v) is 6.37. The van der Waals surface area contributed by atoms with E-state index in [9.17, 15) is 18.0 Å². The summed E-state index contributed by atoms with van der Waals surface area (Å²) in [6.07, 6.45) is -0.544. The Labute approximate surface area is 224 Å². The van der Waals surface area contributed by atoms with E-state index >= 15 is 0 Å². The molecule has 37 heavy (non-hydrogen) atoms. The number of amides is 2. The van der Waals surface area contributed by atoms with Crippen LogP contribution in [0.4, 0.5) is 4.79 Å². The molecule has 0 aliphatic carbocycles. The number of carbonyl (C=O) groups is 2. The highest BCUT2D eigenvalue weighted by molar-refractivity contribution is 7.90. The lowest BCUT2D eigenvalue weighted by molar-refractivity contribution is -0.128. The Kier molecular flexibility index (Phi) is 10.1. The topological polar surface area (TPSA) is 126 Å². The normalized spacial score (nSPS) is 17.5. The summed E-state index contributed by atoms with van der Waals surface area (Å²) in [5.74, 6) is -0.525. The number of carbonyl (C=O) groups excluding carboxylic acids is 2. The van der Waals surface area contributed by atoms with E-state index in [1.165, 1.54) is 0 Å². The molecule has 1 fully saturated rings. The highest BCUT2D eigenvalue weighted by atomic mass is 35.5. The fraction of sp³-hybridized carbons (Fsp3) is 0.423. The monoisotopic (exact) mass is 551 g/mol. The van der Waals surface area contributed by atoms with Crippen LogP contribution in [-0.4, -0.2) is 48.8 Å². The molecule has 0 bridgehead atoms. The number of nitrogens with zero attached hydrogens (tertiary/aromatic N) is 1. The van der Waals surface area contributed by atoms with E-state index in [-0.39, 0.29) is 44.4 Å². The van der Waals surface area contributed by atoms with E-state index in [0.29, 0.717) is 5.56 Å². The summed E-state index contributed by atoms with van der Waals surface area (Å²) >= 11 is 0. The van der Waals surface area contributed by atoms with Gasteiger partial charge < -0.3 is 14.8 Å². The van der Waals surface area contributed by atoms with Gasteiger partial charge in [-0.2, -0.15) is 0 Å². The van der Waals surface area contributed by atoms with Crippen molar-refractivity contribution in [2.75, 3.05) is 6.61 Å². The average molecular weight is 552 g/mol. The summed E-state index contributed by atoms with van der Waals surface area (Å²) in [5, 5.41) is 9.93. The molecule has 1 aliphatic rings. The van der Waals surface area contributed by atoms with Gasteiger partial charge in [-0.05, 0) is 44.4 Å². The molecule has 0 aromatic heterocycles. The van der Waals surface area contributed by atoms with E-state index < -0.39 is 38.9 Å². The first-order valence-electron chi connectivity index (χ1n) is 11.8. The highest BCUT2D eigenvalue weighted by Gasteiger charge is 2.49. The summed E-state index contributed by atoms with van der Waals surface area (Å²) < 4.78 is 37.7. The SMILES string of the molecule is CCOC(=N)C(Cc1ccc(C2CC(=O)N(C(C)(C)C)S2(=O)=O)cc1)NC(=O)OCc1ccccc1.Cl. The van der Waals surface area contributed by atoms with Crippen LogP contribution in [0.15, 0.2) is 54.6 Å². The average Bonchev–Trinajstić information content (AvgIpc) is 3.07. The number of halogens is 1. The minimum atomic E-state index is -3.83. The van der Waals surface area contributed by atoms with Crippen LogP contribution in [0.3, 0.4) is 0 Å². The Morgan fingerprint density at radius 1 is 1.08 bits per heavy atom. The van der Waals surface area contributed by atoms with Crippen molar-refractivity contribution >= 4 is 40.3 Å². The van der Waals surface area contributed by atoms with Crippen LogP contribution in [-0.2, 0) is 37.3 Å². The maximum Gasteiger partial charge on any atom is 0.408 e. The summed E-state index contributed by atoms with van der Waals surface area (Å²) in [7, 11) is -3.83. The summed E-state index contributed by atoms with van der Waals surface area (Å²) in [4.78, 5) is 24.9. The van der Waals surface area contributed by atoms with Crippen LogP contribution in [0, 0.1) is 5.41 Å². The Balaban J connectivity index is 0.00000481. The molecule has 1 saturated heterocycles. The molecule has 1 aliphatic heterocycles. The van der Waals surface area contributed by atoms with Crippen molar-refractivity contribution in [2.24, 2.45) is 0 Å². The first kappa shape index (κ1) is 30.1. The van der Waals surface area contributed by atoms with E-state index in [4.69, 9.17) is 14.9 Å². The van der Waals surface area contributed by atoms with Crippen molar-refractivity contribution in [3.05, 3.63) is 71.3 Å². The lowest BCUT2D eigenvalue weighted by Gasteiger charge is -2.30. The van der Waals surface area contributed by atoms with Crippen molar-refractivity contribution < 1.29 is 27.5 Å². The first-order chi connectivity index (χ1) is 16.9. The Morgan fingerprint density at radius 2 is 1.70 bits per heavy atom. The van der Waals surface area contributed by atoms with Gasteiger partial charge in [-0.3, -0.25) is 10.2 Å². The zero-order valence-electron chi connectivity index (χ0n) is 21.4. The predicted molar refractivity (Wildman–Crippen MR) is 143 cm³/mol. The number of ether oxygens (including phenoxy) is 2. The van der Waals surface area contributed by atoms with Gasteiger partial charge in [0.15, 0.2) is 0 Å². The second kappa shape index (κ2) is 12.4. The quantitative estimate of drug-likeness (QED) is 0.371. The van der Waals surface area contributed by atoms with E-state index in [2.05, 4.69) is 5.32 Å². The third-order valence-corrected chi connectivity index (χ3v) is 8.14. The van der Waals surface area contributed by atoms with Crippen LogP contribution in [0.5, 0.6) is 0 Å². The Morgan fingerprint density at radius 3 is 2.24 bits per heavy atom. The molecule has 2 atom stereocenters. The maximum absolute atomic E-state index is 13.1. The van der Waals surface area contributed by atoms with Crippen LogP contribution in [0.2, 0.25) is 0 Å². The molecule has 2 aromatic carbocycles. The molecule has 9 nitrogen and oxygen atoms in total. The van der Waals surface area contributed by atoms with Gasteiger partial charge in [-0.25, -0.2) is 17.5 Å². The predicted octanol–water partition coefficient (Wildman–Crippen LogP) is 4.36. The number of sulfonamides is 1. The number of hydrogen-bond acceptors (Lipinski definition) is 7. The number of rotatable bonds is 8. The molecule has 202 valence electrons. The molecule has 11 heteroatoms. The molecule has 2 aromatic rings. The van der Waals surface area contributed by atoms with Crippen LogP contribution in [0.1, 0.15) is 56.1 Å². The number of benzene rings is 2. The lowest BCUT2D eigenvalue weighted by Crippen LogP contribution is -2.45. The van der Waals surface area contributed by atoms with Crippen LogP contribution < -0.4 is 5.32 Å². The summed E-state index contributed by atoms with van der Waals surface area (Å²) in [6, 6.07) is 15.3. The second-order valence-corrected chi connectivity index (χ2v) is 11.5. The standard InChI is InChI=1S/C26H33N3O6S.ClH/c1-5-34-24(27)21(28-25(31)35-17-19-9-7-6-8-10-19)15-18-11-13-20(14-12-18)22-16-23(30)29(26(2,3)4)36(22,32)33;/h6-14,21-22,27H,5,15-17H2,1-4H3,(H,28,31);1H. The van der Waals surface area contributed by atoms with Gasteiger partial charge in [0.1, 0.15) is 17.9 Å². The van der Waals surface area contributed by atoms with Crippen molar-refractivity contribution in [1.29, 1.82) is 5.41 Å². The second-order valence-electron chi connectivity index (χ2n) is 9.57. The van der Waals surface area contributed by atoms with Gasteiger partial charge >= 0.3 is 6.09 Å². The number of hydrogen-bond donors (Lipinski definition) is 2. The molecule has 2 unspecified atom stereocenters. The van der Waals surface area contributed by atoms with Gasteiger partial charge in [-0.1, -0.05) is 54.6 Å². The number of alkyl carbamates (subject to hydrolysis) is 1. The zero-order chi connectivity index (χ0) is 26.5. The fourth-order valence-electron chi connectivity index (χ4n) is 4.14. The van der Waals surface area contributed by atoms with Crippen molar-refractivity contribution in [3.63, 3.8) is 0 Å². The molecule has 0 spiro atoms. The molecule has 1 heterocycles. The molecular formula is C26H34ClN3O6S. The lowest BCUT2D eigenvalue weighted by atomic mass is 10.0. The minimum Gasteiger partial charge on any atom is -0.480 e. The van der Waals surface area contributed by atoms with Gasteiger partial charge in [0.05, 0.1) is 18.6 Å². The molecule has 0 radical (unpaired) electrons. The van der Waals surface area contributed by atoms with Gasteiger partial charge in [0.25, 0.3) is 0 Å². The molecule has 0 saturated carbocycles. The van der Waals surface area contributed by atoms with Gasteiger partial charge in [-0.15, -0.1) is 12.4 Å². The first-order valence-corrected chi connectivity index (χ1v) is 13.3. The molecule has 3 rings (SSSR count). The largest absolute Gasteiger partial charge is 0.480 e.